The number of carbonyl (C=O) groups is 1. The molecule has 30 heavy (non-hydrogen) atoms. The number of unbranched alkanes of at least 4 members (excludes halogenated alkanes) is 15. The predicted octanol–water partition coefficient (Wildman–Crippen LogP) is 9.74. The molecule has 0 aromatic rings. The highest BCUT2D eigenvalue weighted by Crippen LogP contribution is 2.31. The molecule has 0 aromatic heterocycles. The normalized spacial score (nSPS) is 11.6. The van der Waals surface area contributed by atoms with Crippen LogP contribution in [-0.2, 0) is 9.22 Å². The summed E-state index contributed by atoms with van der Waals surface area (Å²) in [6, 6.07) is 3.51. The molecule has 0 heterocycles. The molecule has 0 saturated heterocycles. The largest absolute Gasteiger partial charge is 0.516 e. The smallest absolute Gasteiger partial charge is 0.316 e. The van der Waals surface area contributed by atoms with E-state index >= 15 is 0 Å². The lowest BCUT2D eigenvalue weighted by Gasteiger charge is -2.31. The van der Waals surface area contributed by atoms with Crippen LogP contribution in [0.15, 0.2) is 12.7 Å². The molecule has 0 bridgehead atoms. The lowest BCUT2D eigenvalue weighted by atomic mass is 10.1. The maximum Gasteiger partial charge on any atom is 0.316 e. The maximum absolute atomic E-state index is 12.2. The molecule has 0 aliphatic heterocycles. The monoisotopic (exact) mass is 438 g/mol. The van der Waals surface area contributed by atoms with Crippen LogP contribution in [0.1, 0.15) is 136 Å². The van der Waals surface area contributed by atoms with Gasteiger partial charge in [0.1, 0.15) is 0 Å². The van der Waals surface area contributed by atoms with Gasteiger partial charge in [-0.2, -0.15) is 0 Å². The SMILES string of the molecule is C=CC(=O)O[Si](CCCCCCCC)(CCCCCCCC)CCCCCCCC. The first-order valence-electron chi connectivity index (χ1n) is 13.5. The van der Waals surface area contributed by atoms with Gasteiger partial charge in [0.15, 0.2) is 0 Å². The van der Waals surface area contributed by atoms with Gasteiger partial charge >= 0.3 is 5.97 Å². The second-order valence-electron chi connectivity index (χ2n) is 9.36. The minimum atomic E-state index is -2.01. The van der Waals surface area contributed by atoms with Crippen molar-refractivity contribution >= 4 is 14.3 Å². The molecule has 0 rings (SSSR count). The molecule has 3 heteroatoms. The molecule has 0 saturated carbocycles. The van der Waals surface area contributed by atoms with E-state index in [2.05, 4.69) is 27.4 Å². The third kappa shape index (κ3) is 17.1. The van der Waals surface area contributed by atoms with Gasteiger partial charge in [0.25, 0.3) is 8.32 Å². The molecule has 2 nitrogen and oxygen atoms in total. The van der Waals surface area contributed by atoms with Crippen molar-refractivity contribution in [2.24, 2.45) is 0 Å². The summed E-state index contributed by atoms with van der Waals surface area (Å²) in [6.07, 6.45) is 25.0. The molecule has 178 valence electrons. The Kier molecular flexibility index (Phi) is 21.2. The van der Waals surface area contributed by atoms with Crippen molar-refractivity contribution in [3.63, 3.8) is 0 Å². The molecule has 0 aromatic carbocycles. The van der Waals surface area contributed by atoms with Crippen LogP contribution in [-0.4, -0.2) is 14.3 Å². The van der Waals surface area contributed by atoms with Crippen LogP contribution in [0.2, 0.25) is 18.1 Å². The molecule has 0 fully saturated rings. The lowest BCUT2D eigenvalue weighted by Crippen LogP contribution is -2.40. The molecule has 0 spiro atoms. The van der Waals surface area contributed by atoms with Gasteiger partial charge in [0.2, 0.25) is 0 Å². The van der Waals surface area contributed by atoms with Crippen molar-refractivity contribution in [3.05, 3.63) is 12.7 Å². The van der Waals surface area contributed by atoms with Crippen LogP contribution in [0, 0.1) is 0 Å². The summed E-state index contributed by atoms with van der Waals surface area (Å²) >= 11 is 0. The van der Waals surface area contributed by atoms with E-state index in [-0.39, 0.29) is 5.97 Å². The molecular weight excluding hydrogens is 384 g/mol. The van der Waals surface area contributed by atoms with E-state index in [1.54, 1.807) is 0 Å². The lowest BCUT2D eigenvalue weighted by molar-refractivity contribution is -0.129. The van der Waals surface area contributed by atoms with Crippen LogP contribution in [0.5, 0.6) is 0 Å². The van der Waals surface area contributed by atoms with Gasteiger partial charge < -0.3 is 4.43 Å². The van der Waals surface area contributed by atoms with E-state index in [1.165, 1.54) is 140 Å². The van der Waals surface area contributed by atoms with Gasteiger partial charge in [-0.05, 0) is 18.1 Å². The van der Waals surface area contributed by atoms with Gasteiger partial charge in [0.05, 0.1) is 0 Å². The molecule has 0 atom stereocenters. The maximum atomic E-state index is 12.2. The summed E-state index contributed by atoms with van der Waals surface area (Å²) in [4.78, 5) is 12.2. The Morgan fingerprint density at radius 1 is 0.600 bits per heavy atom. The first-order chi connectivity index (χ1) is 14.6. The fourth-order valence-electron chi connectivity index (χ4n) is 4.47. The highest BCUT2D eigenvalue weighted by atomic mass is 28.4. The van der Waals surface area contributed by atoms with Gasteiger partial charge in [-0.25, -0.2) is 4.79 Å². The average molecular weight is 439 g/mol. The van der Waals surface area contributed by atoms with E-state index in [1.807, 2.05) is 0 Å². The number of carbonyl (C=O) groups excluding carboxylic acids is 1. The summed E-state index contributed by atoms with van der Waals surface area (Å²) in [5, 5.41) is 0. The predicted molar refractivity (Wildman–Crippen MR) is 137 cm³/mol. The standard InChI is InChI=1S/C27H54O2Si/c1-5-9-12-15-18-21-24-30(29-27(28)8-4,25-22-19-16-13-10-6-2)26-23-20-17-14-11-7-3/h8H,4-7,9-26H2,1-3H3. The summed E-state index contributed by atoms with van der Waals surface area (Å²) in [7, 11) is -2.01. The van der Waals surface area contributed by atoms with Gasteiger partial charge in [-0.3, -0.25) is 0 Å². The average Bonchev–Trinajstić information content (AvgIpc) is 2.75. The van der Waals surface area contributed by atoms with Crippen molar-refractivity contribution in [1.82, 2.24) is 0 Å². The second kappa shape index (κ2) is 21.7. The molecule has 0 unspecified atom stereocenters. The highest BCUT2D eigenvalue weighted by Gasteiger charge is 2.36. The topological polar surface area (TPSA) is 26.3 Å². The van der Waals surface area contributed by atoms with Crippen LogP contribution < -0.4 is 0 Å². The Hall–Kier alpha value is -0.573. The van der Waals surface area contributed by atoms with Gasteiger partial charge in [-0.15, -0.1) is 0 Å². The number of hydrogen-bond donors (Lipinski definition) is 0. The van der Waals surface area contributed by atoms with Crippen LogP contribution >= 0.6 is 0 Å². The minimum absolute atomic E-state index is 0.162. The van der Waals surface area contributed by atoms with E-state index in [0.717, 1.165) is 0 Å². The third-order valence-electron chi connectivity index (χ3n) is 6.44. The van der Waals surface area contributed by atoms with Gasteiger partial charge in [-0.1, -0.05) is 143 Å². The van der Waals surface area contributed by atoms with Crippen LogP contribution in [0.4, 0.5) is 0 Å². The van der Waals surface area contributed by atoms with E-state index in [4.69, 9.17) is 4.43 Å². The Morgan fingerprint density at radius 3 is 1.20 bits per heavy atom. The molecule has 0 aliphatic carbocycles. The Balaban J connectivity index is 4.74. The van der Waals surface area contributed by atoms with E-state index < -0.39 is 8.32 Å². The minimum Gasteiger partial charge on any atom is -0.516 e. The third-order valence-corrected chi connectivity index (χ3v) is 10.9. The van der Waals surface area contributed by atoms with Crippen LogP contribution in [0.25, 0.3) is 0 Å². The second-order valence-corrected chi connectivity index (χ2v) is 13.4. The molecule has 0 radical (unpaired) electrons. The van der Waals surface area contributed by atoms with E-state index in [9.17, 15) is 4.79 Å². The van der Waals surface area contributed by atoms with Crippen LogP contribution in [0.3, 0.4) is 0 Å². The summed E-state index contributed by atoms with van der Waals surface area (Å²) in [5.41, 5.74) is 0. The quantitative estimate of drug-likeness (QED) is 0.0901. The van der Waals surface area contributed by atoms with Crippen molar-refractivity contribution in [2.45, 2.75) is 154 Å². The van der Waals surface area contributed by atoms with E-state index in [0.29, 0.717) is 0 Å². The summed E-state index contributed by atoms with van der Waals surface area (Å²) < 4.78 is 6.25. The zero-order chi connectivity index (χ0) is 22.3. The van der Waals surface area contributed by atoms with Crippen molar-refractivity contribution < 1.29 is 9.22 Å². The molecular formula is C27H54O2Si. The molecule has 0 aliphatic rings. The summed E-state index contributed by atoms with van der Waals surface area (Å²) in [5.74, 6) is -0.162. The van der Waals surface area contributed by atoms with Crippen molar-refractivity contribution in [3.8, 4) is 0 Å². The zero-order valence-electron chi connectivity index (χ0n) is 21.0. The fraction of sp³-hybridized carbons (Fsp3) is 0.889. The molecule has 0 N–H and O–H groups in total. The first kappa shape index (κ1) is 29.4. The highest BCUT2D eigenvalue weighted by molar-refractivity contribution is 6.75. The summed E-state index contributed by atoms with van der Waals surface area (Å²) in [6.45, 7) is 10.5. The first-order valence-corrected chi connectivity index (χ1v) is 16.0. The zero-order valence-corrected chi connectivity index (χ0v) is 22.0. The molecule has 0 amide bonds. The number of rotatable bonds is 23. The number of hydrogen-bond acceptors (Lipinski definition) is 2. The van der Waals surface area contributed by atoms with Gasteiger partial charge in [0, 0.05) is 6.08 Å². The van der Waals surface area contributed by atoms with Crippen molar-refractivity contribution in [1.29, 1.82) is 0 Å². The Labute approximate surface area is 190 Å². The van der Waals surface area contributed by atoms with Crippen molar-refractivity contribution in [2.75, 3.05) is 0 Å². The Morgan fingerprint density at radius 2 is 0.900 bits per heavy atom. The Bertz CT molecular complexity index is 354. The fourth-order valence-corrected chi connectivity index (χ4v) is 8.71.